The number of halogens is 1. The molecule has 2 aromatic rings. The van der Waals surface area contributed by atoms with Gasteiger partial charge in [0.2, 0.25) is 11.8 Å². The van der Waals surface area contributed by atoms with Crippen LogP contribution in [-0.4, -0.2) is 71.7 Å². The first-order chi connectivity index (χ1) is 15.0. The Bertz CT molecular complexity index is 958. The van der Waals surface area contributed by atoms with Gasteiger partial charge in [-0.2, -0.15) is 0 Å². The second kappa shape index (κ2) is 9.52. The van der Waals surface area contributed by atoms with E-state index in [1.54, 1.807) is 39.0 Å². The lowest BCUT2D eigenvalue weighted by atomic mass is 10.1. The van der Waals surface area contributed by atoms with Crippen molar-refractivity contribution in [3.8, 4) is 0 Å². The van der Waals surface area contributed by atoms with E-state index in [0.29, 0.717) is 49.9 Å². The van der Waals surface area contributed by atoms with Crippen LogP contribution in [0.1, 0.15) is 22.3 Å². The Hall–Kier alpha value is -2.86. The normalized spacial score (nSPS) is 19.1. The van der Waals surface area contributed by atoms with Crippen LogP contribution in [0.5, 0.6) is 0 Å². The van der Waals surface area contributed by atoms with Crippen LogP contribution in [0.2, 0.25) is 5.02 Å². The summed E-state index contributed by atoms with van der Waals surface area (Å²) in [6, 6.07) is 17.1. The smallest absolute Gasteiger partial charge is 0.255 e. The first-order valence-corrected chi connectivity index (χ1v) is 11.0. The zero-order chi connectivity index (χ0) is 21.8. The molecule has 2 fully saturated rings. The molecule has 31 heavy (non-hydrogen) atoms. The maximum atomic E-state index is 13.0. The predicted octanol–water partition coefficient (Wildman–Crippen LogP) is 2.72. The van der Waals surface area contributed by atoms with Gasteiger partial charge in [-0.15, -0.1) is 0 Å². The summed E-state index contributed by atoms with van der Waals surface area (Å²) in [6.45, 7) is 2.99. The van der Waals surface area contributed by atoms with Gasteiger partial charge < -0.3 is 14.7 Å². The van der Waals surface area contributed by atoms with Gasteiger partial charge in [0.05, 0.1) is 16.5 Å². The van der Waals surface area contributed by atoms with Crippen LogP contribution in [0.4, 0.5) is 0 Å². The molecule has 0 aliphatic carbocycles. The van der Waals surface area contributed by atoms with E-state index >= 15 is 0 Å². The van der Waals surface area contributed by atoms with E-state index in [4.69, 9.17) is 11.6 Å². The fourth-order valence-electron chi connectivity index (χ4n) is 4.26. The summed E-state index contributed by atoms with van der Waals surface area (Å²) in [5.41, 5.74) is 1.67. The first-order valence-electron chi connectivity index (χ1n) is 10.7. The Kier molecular flexibility index (Phi) is 6.56. The van der Waals surface area contributed by atoms with Gasteiger partial charge in [0.1, 0.15) is 0 Å². The number of carbonyl (C=O) groups is 3. The van der Waals surface area contributed by atoms with Crippen LogP contribution in [-0.2, 0) is 16.0 Å². The van der Waals surface area contributed by atoms with Crippen LogP contribution < -0.4 is 0 Å². The lowest BCUT2D eigenvalue weighted by Crippen LogP contribution is -2.52. The molecular weight excluding hydrogens is 414 g/mol. The summed E-state index contributed by atoms with van der Waals surface area (Å²) in [4.78, 5) is 43.4. The summed E-state index contributed by atoms with van der Waals surface area (Å²) in [7, 11) is 0. The molecule has 0 N–H and O–H groups in total. The highest BCUT2D eigenvalue weighted by molar-refractivity contribution is 6.33. The Morgan fingerprint density at radius 1 is 0.903 bits per heavy atom. The number of benzene rings is 2. The molecule has 0 radical (unpaired) electrons. The molecule has 0 bridgehead atoms. The third-order valence-corrected chi connectivity index (χ3v) is 6.39. The molecule has 7 heteroatoms. The van der Waals surface area contributed by atoms with Gasteiger partial charge in [0.25, 0.3) is 5.91 Å². The molecule has 6 nitrogen and oxygen atoms in total. The van der Waals surface area contributed by atoms with Crippen LogP contribution in [0.25, 0.3) is 0 Å². The number of nitrogens with zero attached hydrogens (tertiary/aromatic N) is 3. The highest BCUT2D eigenvalue weighted by Crippen LogP contribution is 2.22. The van der Waals surface area contributed by atoms with E-state index < -0.39 is 0 Å². The molecule has 2 heterocycles. The Morgan fingerprint density at radius 2 is 1.55 bits per heavy atom. The molecule has 2 aromatic carbocycles. The van der Waals surface area contributed by atoms with E-state index in [9.17, 15) is 14.4 Å². The van der Waals surface area contributed by atoms with E-state index in [-0.39, 0.29) is 30.1 Å². The lowest BCUT2D eigenvalue weighted by molar-refractivity contribution is -0.137. The summed E-state index contributed by atoms with van der Waals surface area (Å²) >= 11 is 6.15. The quantitative estimate of drug-likeness (QED) is 0.719. The van der Waals surface area contributed by atoms with Crippen molar-refractivity contribution in [2.75, 3.05) is 39.3 Å². The summed E-state index contributed by atoms with van der Waals surface area (Å²) < 4.78 is 0. The highest BCUT2D eigenvalue weighted by Gasteiger charge is 2.37. The minimum atomic E-state index is -0.297. The molecule has 0 spiro atoms. The first kappa shape index (κ1) is 21.4. The second-order valence-electron chi connectivity index (χ2n) is 8.07. The molecule has 4 rings (SSSR count). The molecule has 3 amide bonds. The van der Waals surface area contributed by atoms with Crippen molar-refractivity contribution < 1.29 is 14.4 Å². The van der Waals surface area contributed by atoms with Crippen LogP contribution in [0.3, 0.4) is 0 Å². The SMILES string of the molecule is O=C1CC(C(=O)N2CCN(C(=O)c3ccccc3Cl)CC2)CN1CCc1ccccc1. The second-order valence-corrected chi connectivity index (χ2v) is 8.48. The largest absolute Gasteiger partial charge is 0.342 e. The fourth-order valence-corrected chi connectivity index (χ4v) is 4.47. The van der Waals surface area contributed by atoms with Gasteiger partial charge >= 0.3 is 0 Å². The molecule has 2 saturated heterocycles. The van der Waals surface area contributed by atoms with Gasteiger partial charge in [0.15, 0.2) is 0 Å². The maximum absolute atomic E-state index is 13.0. The van der Waals surface area contributed by atoms with Crippen molar-refractivity contribution in [3.63, 3.8) is 0 Å². The fraction of sp³-hybridized carbons (Fsp3) is 0.375. The van der Waals surface area contributed by atoms with Gasteiger partial charge in [-0.05, 0) is 24.1 Å². The van der Waals surface area contributed by atoms with Crippen molar-refractivity contribution in [1.29, 1.82) is 0 Å². The number of rotatable bonds is 5. The van der Waals surface area contributed by atoms with E-state index in [1.165, 1.54) is 5.56 Å². The van der Waals surface area contributed by atoms with Gasteiger partial charge in [-0.1, -0.05) is 54.1 Å². The van der Waals surface area contributed by atoms with Crippen molar-refractivity contribution in [2.45, 2.75) is 12.8 Å². The molecular formula is C24H26ClN3O3. The van der Waals surface area contributed by atoms with Crippen molar-refractivity contribution in [1.82, 2.24) is 14.7 Å². The molecule has 0 saturated carbocycles. The maximum Gasteiger partial charge on any atom is 0.255 e. The van der Waals surface area contributed by atoms with Crippen molar-refractivity contribution >= 4 is 29.3 Å². The lowest BCUT2D eigenvalue weighted by Gasteiger charge is -2.36. The highest BCUT2D eigenvalue weighted by atomic mass is 35.5. The predicted molar refractivity (Wildman–Crippen MR) is 119 cm³/mol. The minimum Gasteiger partial charge on any atom is -0.342 e. The molecule has 162 valence electrons. The Morgan fingerprint density at radius 3 is 2.26 bits per heavy atom. The number of hydrogen-bond acceptors (Lipinski definition) is 3. The Balaban J connectivity index is 1.28. The van der Waals surface area contributed by atoms with Crippen molar-refractivity contribution in [2.24, 2.45) is 5.92 Å². The number of amides is 3. The number of hydrogen-bond donors (Lipinski definition) is 0. The zero-order valence-electron chi connectivity index (χ0n) is 17.4. The third kappa shape index (κ3) is 4.90. The third-order valence-electron chi connectivity index (χ3n) is 6.06. The van der Waals surface area contributed by atoms with E-state index in [2.05, 4.69) is 0 Å². The standard InChI is InChI=1S/C24H26ClN3O3/c25-21-9-5-4-8-20(21)24(31)27-14-12-26(13-15-27)23(30)19-16-22(29)28(17-19)11-10-18-6-2-1-3-7-18/h1-9,19H,10-17H2. The summed E-state index contributed by atoms with van der Waals surface area (Å²) in [5, 5.41) is 0.436. The van der Waals surface area contributed by atoms with Crippen molar-refractivity contribution in [3.05, 3.63) is 70.7 Å². The van der Waals surface area contributed by atoms with E-state index in [1.807, 2.05) is 30.3 Å². The molecule has 2 aliphatic rings. The molecule has 0 aromatic heterocycles. The van der Waals surface area contributed by atoms with Gasteiger partial charge in [-0.3, -0.25) is 14.4 Å². The monoisotopic (exact) mass is 439 g/mol. The number of carbonyl (C=O) groups excluding carboxylic acids is 3. The summed E-state index contributed by atoms with van der Waals surface area (Å²) in [6.07, 6.45) is 1.06. The van der Waals surface area contributed by atoms with E-state index in [0.717, 1.165) is 6.42 Å². The van der Waals surface area contributed by atoms with Gasteiger partial charge in [-0.25, -0.2) is 0 Å². The average molecular weight is 440 g/mol. The topological polar surface area (TPSA) is 60.9 Å². The molecule has 2 aliphatic heterocycles. The van der Waals surface area contributed by atoms with Crippen LogP contribution >= 0.6 is 11.6 Å². The number of piperazine rings is 1. The number of likely N-dealkylation sites (tertiary alicyclic amines) is 1. The Labute approximate surface area is 187 Å². The summed E-state index contributed by atoms with van der Waals surface area (Å²) in [5.74, 6) is -0.350. The molecule has 1 unspecified atom stereocenters. The zero-order valence-corrected chi connectivity index (χ0v) is 18.1. The molecule has 1 atom stereocenters. The van der Waals surface area contributed by atoms with Crippen LogP contribution in [0.15, 0.2) is 54.6 Å². The minimum absolute atomic E-state index is 0.0143. The van der Waals surface area contributed by atoms with Gasteiger partial charge in [0, 0.05) is 45.7 Å². The van der Waals surface area contributed by atoms with Crippen LogP contribution in [0, 0.1) is 5.92 Å². The average Bonchev–Trinajstić information content (AvgIpc) is 3.18.